The van der Waals surface area contributed by atoms with Crippen LogP contribution in [0.5, 0.6) is 0 Å². The first-order valence-electron chi connectivity index (χ1n) is 4.69. The number of ether oxygens (including phenoxy) is 1. The molecule has 0 saturated heterocycles. The maximum atomic E-state index is 5.71. The molecule has 1 aliphatic rings. The van der Waals surface area contributed by atoms with Crippen molar-refractivity contribution in [2.24, 2.45) is 0 Å². The van der Waals surface area contributed by atoms with Crippen molar-refractivity contribution in [3.05, 3.63) is 5.92 Å². The van der Waals surface area contributed by atoms with Gasteiger partial charge in [-0.3, -0.25) is 0 Å². The SMILES string of the molecule is C[C](C)COC1CCCCC1. The van der Waals surface area contributed by atoms with E-state index in [0.29, 0.717) is 6.10 Å². The van der Waals surface area contributed by atoms with Crippen molar-refractivity contribution in [1.29, 1.82) is 0 Å². The molecule has 1 fully saturated rings. The fraction of sp³-hybridized carbons (Fsp3) is 0.900. The smallest absolute Gasteiger partial charge is 0.0575 e. The van der Waals surface area contributed by atoms with Crippen LogP contribution in [0.25, 0.3) is 0 Å². The Hall–Kier alpha value is -0.0400. The van der Waals surface area contributed by atoms with Crippen LogP contribution in [0.3, 0.4) is 0 Å². The third-order valence-corrected chi connectivity index (χ3v) is 2.16. The number of hydrogen-bond donors (Lipinski definition) is 0. The molecule has 1 aliphatic carbocycles. The van der Waals surface area contributed by atoms with Crippen LogP contribution in [0.1, 0.15) is 46.0 Å². The Morgan fingerprint density at radius 2 is 1.82 bits per heavy atom. The second kappa shape index (κ2) is 4.76. The van der Waals surface area contributed by atoms with Gasteiger partial charge in [0.2, 0.25) is 0 Å². The first-order chi connectivity index (χ1) is 5.29. The van der Waals surface area contributed by atoms with Crippen molar-refractivity contribution in [2.45, 2.75) is 52.1 Å². The molecule has 1 radical (unpaired) electrons. The Labute approximate surface area is 70.1 Å². The molecule has 0 heterocycles. The van der Waals surface area contributed by atoms with E-state index in [1.165, 1.54) is 38.0 Å². The molecule has 0 aromatic rings. The third kappa shape index (κ3) is 3.76. The van der Waals surface area contributed by atoms with Crippen LogP contribution in [0.2, 0.25) is 0 Å². The van der Waals surface area contributed by atoms with Gasteiger partial charge in [0, 0.05) is 0 Å². The normalized spacial score (nSPS) is 21.0. The van der Waals surface area contributed by atoms with Crippen molar-refractivity contribution in [1.82, 2.24) is 0 Å². The predicted molar refractivity (Wildman–Crippen MR) is 47.4 cm³/mol. The summed E-state index contributed by atoms with van der Waals surface area (Å²) in [5.41, 5.74) is 0. The minimum absolute atomic E-state index is 0.568. The van der Waals surface area contributed by atoms with E-state index in [9.17, 15) is 0 Å². The molecule has 1 nitrogen and oxygen atoms in total. The molecule has 0 aromatic carbocycles. The van der Waals surface area contributed by atoms with Gasteiger partial charge in [-0.15, -0.1) is 0 Å². The highest BCUT2D eigenvalue weighted by Gasteiger charge is 2.13. The minimum Gasteiger partial charge on any atom is -0.378 e. The third-order valence-electron chi connectivity index (χ3n) is 2.16. The standard InChI is InChI=1S/C10H19O/c1-9(2)8-11-10-6-4-3-5-7-10/h10H,3-8H2,1-2H3. The molecule has 0 aliphatic heterocycles. The van der Waals surface area contributed by atoms with Gasteiger partial charge in [-0.1, -0.05) is 33.1 Å². The van der Waals surface area contributed by atoms with Gasteiger partial charge >= 0.3 is 0 Å². The number of hydrogen-bond acceptors (Lipinski definition) is 1. The molecule has 1 heteroatoms. The quantitative estimate of drug-likeness (QED) is 0.609. The Bertz CT molecular complexity index is 93.0. The van der Waals surface area contributed by atoms with Crippen LogP contribution < -0.4 is 0 Å². The largest absolute Gasteiger partial charge is 0.378 e. The van der Waals surface area contributed by atoms with Gasteiger partial charge < -0.3 is 4.74 Å². The minimum atomic E-state index is 0.568. The van der Waals surface area contributed by atoms with Crippen LogP contribution in [-0.2, 0) is 4.74 Å². The summed E-state index contributed by atoms with van der Waals surface area (Å²) < 4.78 is 5.71. The zero-order valence-corrected chi connectivity index (χ0v) is 7.73. The summed E-state index contributed by atoms with van der Waals surface area (Å²) in [5.74, 6) is 1.38. The van der Waals surface area contributed by atoms with Crippen LogP contribution in [0.15, 0.2) is 0 Å². The van der Waals surface area contributed by atoms with E-state index < -0.39 is 0 Å². The molecule has 0 amide bonds. The molecule has 11 heavy (non-hydrogen) atoms. The van der Waals surface area contributed by atoms with E-state index in [-0.39, 0.29) is 0 Å². The highest BCUT2D eigenvalue weighted by molar-refractivity contribution is 4.77. The first-order valence-corrected chi connectivity index (χ1v) is 4.69. The Kier molecular flexibility index (Phi) is 3.92. The molecule has 1 saturated carbocycles. The van der Waals surface area contributed by atoms with E-state index in [1.807, 2.05) is 0 Å². The van der Waals surface area contributed by atoms with Gasteiger partial charge in [-0.2, -0.15) is 0 Å². The molecule has 0 unspecified atom stereocenters. The van der Waals surface area contributed by atoms with Gasteiger partial charge in [-0.25, -0.2) is 0 Å². The molecule has 0 N–H and O–H groups in total. The fourth-order valence-corrected chi connectivity index (χ4v) is 1.52. The van der Waals surface area contributed by atoms with E-state index >= 15 is 0 Å². The summed E-state index contributed by atoms with van der Waals surface area (Å²) in [6, 6.07) is 0. The lowest BCUT2D eigenvalue weighted by Gasteiger charge is -2.22. The topological polar surface area (TPSA) is 9.23 Å². The summed E-state index contributed by atoms with van der Waals surface area (Å²) in [6.07, 6.45) is 7.29. The predicted octanol–water partition coefficient (Wildman–Crippen LogP) is 2.95. The maximum absolute atomic E-state index is 5.71. The molecule has 0 bridgehead atoms. The Balaban J connectivity index is 2.05. The van der Waals surface area contributed by atoms with Crippen LogP contribution in [0, 0.1) is 5.92 Å². The highest BCUT2D eigenvalue weighted by atomic mass is 16.5. The zero-order chi connectivity index (χ0) is 8.10. The van der Waals surface area contributed by atoms with E-state index in [1.54, 1.807) is 0 Å². The Morgan fingerprint density at radius 1 is 1.18 bits per heavy atom. The van der Waals surface area contributed by atoms with E-state index in [4.69, 9.17) is 4.74 Å². The van der Waals surface area contributed by atoms with E-state index in [2.05, 4.69) is 13.8 Å². The van der Waals surface area contributed by atoms with Gasteiger partial charge in [0.25, 0.3) is 0 Å². The highest BCUT2D eigenvalue weighted by Crippen LogP contribution is 2.20. The molecular weight excluding hydrogens is 136 g/mol. The van der Waals surface area contributed by atoms with E-state index in [0.717, 1.165) is 6.61 Å². The second-order valence-corrected chi connectivity index (χ2v) is 3.78. The molecule has 65 valence electrons. The summed E-state index contributed by atoms with van der Waals surface area (Å²) in [7, 11) is 0. The average Bonchev–Trinajstić information content (AvgIpc) is 2.03. The molecular formula is C10H19O. The molecule has 0 spiro atoms. The number of rotatable bonds is 3. The lowest BCUT2D eigenvalue weighted by atomic mass is 9.98. The monoisotopic (exact) mass is 155 g/mol. The second-order valence-electron chi connectivity index (χ2n) is 3.78. The zero-order valence-electron chi connectivity index (χ0n) is 7.73. The lowest BCUT2D eigenvalue weighted by Crippen LogP contribution is -2.18. The molecule has 0 aromatic heterocycles. The molecule has 1 rings (SSSR count). The van der Waals surface area contributed by atoms with Gasteiger partial charge in [0.1, 0.15) is 0 Å². The summed E-state index contributed by atoms with van der Waals surface area (Å²) in [6.45, 7) is 5.12. The van der Waals surface area contributed by atoms with Crippen molar-refractivity contribution in [3.8, 4) is 0 Å². The van der Waals surface area contributed by atoms with Crippen molar-refractivity contribution >= 4 is 0 Å². The molecule has 0 atom stereocenters. The summed E-state index contributed by atoms with van der Waals surface area (Å²) in [5, 5.41) is 0. The van der Waals surface area contributed by atoms with Crippen molar-refractivity contribution < 1.29 is 4.74 Å². The maximum Gasteiger partial charge on any atom is 0.0575 e. The summed E-state index contributed by atoms with van der Waals surface area (Å²) >= 11 is 0. The van der Waals surface area contributed by atoms with Gasteiger partial charge in [0.15, 0.2) is 0 Å². The van der Waals surface area contributed by atoms with Gasteiger partial charge in [-0.05, 0) is 18.8 Å². The fourth-order valence-electron chi connectivity index (χ4n) is 1.52. The average molecular weight is 155 g/mol. The van der Waals surface area contributed by atoms with Crippen LogP contribution in [-0.4, -0.2) is 12.7 Å². The van der Waals surface area contributed by atoms with Crippen molar-refractivity contribution in [3.63, 3.8) is 0 Å². The lowest BCUT2D eigenvalue weighted by molar-refractivity contribution is 0.0356. The Morgan fingerprint density at radius 3 is 2.36 bits per heavy atom. The summed E-state index contributed by atoms with van der Waals surface area (Å²) in [4.78, 5) is 0. The van der Waals surface area contributed by atoms with Gasteiger partial charge in [0.05, 0.1) is 12.7 Å². The first kappa shape index (κ1) is 9.05. The van der Waals surface area contributed by atoms with Crippen molar-refractivity contribution in [2.75, 3.05) is 6.61 Å². The van der Waals surface area contributed by atoms with Crippen LogP contribution >= 0.6 is 0 Å². The van der Waals surface area contributed by atoms with Crippen LogP contribution in [0.4, 0.5) is 0 Å².